The van der Waals surface area contributed by atoms with Crippen molar-refractivity contribution in [2.45, 2.75) is 25.9 Å². The predicted octanol–water partition coefficient (Wildman–Crippen LogP) is 3.14. The molecule has 0 fully saturated rings. The van der Waals surface area contributed by atoms with Gasteiger partial charge in [0.05, 0.1) is 6.04 Å². The number of benzene rings is 1. The van der Waals surface area contributed by atoms with Gasteiger partial charge in [-0.25, -0.2) is 0 Å². The van der Waals surface area contributed by atoms with Crippen LogP contribution < -0.4 is 10.6 Å². The summed E-state index contributed by atoms with van der Waals surface area (Å²) in [6, 6.07) is 13.3. The van der Waals surface area contributed by atoms with Crippen molar-refractivity contribution in [3.05, 3.63) is 59.9 Å². The average Bonchev–Trinajstić information content (AvgIpc) is 3.14. The summed E-state index contributed by atoms with van der Waals surface area (Å²) in [4.78, 5) is 6.56. The van der Waals surface area contributed by atoms with Crippen molar-refractivity contribution in [3.8, 4) is 0 Å². The van der Waals surface area contributed by atoms with Crippen LogP contribution in [0.3, 0.4) is 0 Å². The number of hydrogen-bond donors (Lipinski definition) is 2. The van der Waals surface area contributed by atoms with Crippen LogP contribution in [-0.2, 0) is 13.0 Å². The van der Waals surface area contributed by atoms with Crippen LogP contribution in [0.2, 0.25) is 0 Å². The topological polar surface area (TPSA) is 44.6 Å². The van der Waals surface area contributed by atoms with Gasteiger partial charge in [-0.3, -0.25) is 4.99 Å². The van der Waals surface area contributed by atoms with E-state index >= 15 is 0 Å². The standard InChI is InChI=1S/C20H31N5.HI/c1-5-17-8-10-18(11-9-17)19(24(3)4)16-23-20(21-2)22-12-15-25-13-6-7-14-25;/h6-11,13-14,19H,5,12,15-16H2,1-4H3,(H2,21,22,23);1H. The molecule has 0 radical (unpaired) electrons. The van der Waals surface area contributed by atoms with E-state index < -0.39 is 0 Å². The van der Waals surface area contributed by atoms with E-state index in [0.717, 1.165) is 32.0 Å². The van der Waals surface area contributed by atoms with Gasteiger partial charge in [0, 0.05) is 39.1 Å². The number of nitrogens with zero attached hydrogens (tertiary/aromatic N) is 3. The van der Waals surface area contributed by atoms with E-state index in [1.54, 1.807) is 0 Å². The van der Waals surface area contributed by atoms with Crippen LogP contribution in [0.4, 0.5) is 0 Å². The van der Waals surface area contributed by atoms with Gasteiger partial charge >= 0.3 is 0 Å². The van der Waals surface area contributed by atoms with Crippen molar-refractivity contribution >= 4 is 29.9 Å². The second kappa shape index (κ2) is 12.0. The van der Waals surface area contributed by atoms with E-state index in [-0.39, 0.29) is 24.0 Å². The summed E-state index contributed by atoms with van der Waals surface area (Å²) in [5.41, 5.74) is 2.69. The minimum absolute atomic E-state index is 0. The SMILES string of the molecule is CCc1ccc(C(CNC(=NC)NCCn2cccc2)N(C)C)cc1.I. The van der Waals surface area contributed by atoms with Crippen LogP contribution >= 0.6 is 24.0 Å². The molecule has 0 aliphatic carbocycles. The minimum atomic E-state index is 0. The molecule has 26 heavy (non-hydrogen) atoms. The first-order chi connectivity index (χ1) is 12.1. The van der Waals surface area contributed by atoms with Gasteiger partial charge in [0.25, 0.3) is 0 Å². The van der Waals surface area contributed by atoms with Gasteiger partial charge in [0.1, 0.15) is 0 Å². The second-order valence-electron chi connectivity index (χ2n) is 6.38. The molecule has 0 amide bonds. The highest BCUT2D eigenvalue weighted by molar-refractivity contribution is 14.0. The summed E-state index contributed by atoms with van der Waals surface area (Å²) in [6.45, 7) is 4.75. The molecule has 144 valence electrons. The van der Waals surface area contributed by atoms with Gasteiger partial charge in [-0.15, -0.1) is 24.0 Å². The Morgan fingerprint density at radius 2 is 1.77 bits per heavy atom. The molecule has 2 N–H and O–H groups in total. The summed E-state index contributed by atoms with van der Waals surface area (Å²) in [7, 11) is 6.04. The van der Waals surface area contributed by atoms with Crippen molar-refractivity contribution in [1.82, 2.24) is 20.1 Å². The first kappa shape index (κ1) is 22.5. The van der Waals surface area contributed by atoms with Crippen LogP contribution in [0.25, 0.3) is 0 Å². The highest BCUT2D eigenvalue weighted by Crippen LogP contribution is 2.18. The van der Waals surface area contributed by atoms with Gasteiger partial charge < -0.3 is 20.1 Å². The van der Waals surface area contributed by atoms with Gasteiger partial charge in [0.2, 0.25) is 0 Å². The lowest BCUT2D eigenvalue weighted by atomic mass is 10.0. The number of guanidine groups is 1. The van der Waals surface area contributed by atoms with Crippen molar-refractivity contribution in [3.63, 3.8) is 0 Å². The molecule has 6 heteroatoms. The second-order valence-corrected chi connectivity index (χ2v) is 6.38. The third-order valence-corrected chi connectivity index (χ3v) is 4.41. The summed E-state index contributed by atoms with van der Waals surface area (Å²) < 4.78 is 2.15. The van der Waals surface area contributed by atoms with E-state index in [1.807, 2.05) is 19.2 Å². The highest BCUT2D eigenvalue weighted by Gasteiger charge is 2.14. The Labute approximate surface area is 174 Å². The van der Waals surface area contributed by atoms with E-state index in [0.29, 0.717) is 6.04 Å². The summed E-state index contributed by atoms with van der Waals surface area (Å²) in [5, 5.41) is 6.82. The molecule has 1 unspecified atom stereocenters. The summed E-state index contributed by atoms with van der Waals surface area (Å²) in [5.74, 6) is 0.837. The predicted molar refractivity (Wildman–Crippen MR) is 121 cm³/mol. The Balaban J connectivity index is 0.00000338. The number of likely N-dealkylation sites (N-methyl/N-ethyl adjacent to an activating group) is 1. The molecule has 1 heterocycles. The lowest BCUT2D eigenvalue weighted by Crippen LogP contribution is -2.42. The van der Waals surface area contributed by atoms with Crippen molar-refractivity contribution < 1.29 is 0 Å². The monoisotopic (exact) mass is 469 g/mol. The Morgan fingerprint density at radius 1 is 1.12 bits per heavy atom. The molecule has 1 aromatic carbocycles. The normalized spacial score (nSPS) is 12.6. The van der Waals surface area contributed by atoms with Gasteiger partial charge in [0.15, 0.2) is 5.96 Å². The van der Waals surface area contributed by atoms with Crippen LogP contribution in [-0.4, -0.2) is 49.7 Å². The first-order valence-electron chi connectivity index (χ1n) is 8.94. The fourth-order valence-electron chi connectivity index (χ4n) is 2.81. The van der Waals surface area contributed by atoms with E-state index in [2.05, 4.69) is 82.8 Å². The molecule has 0 aliphatic heterocycles. The van der Waals surface area contributed by atoms with Crippen LogP contribution in [0.1, 0.15) is 24.1 Å². The Morgan fingerprint density at radius 3 is 2.31 bits per heavy atom. The molecular formula is C20H32IN5. The fourth-order valence-corrected chi connectivity index (χ4v) is 2.81. The van der Waals surface area contributed by atoms with Crippen LogP contribution in [0, 0.1) is 0 Å². The number of nitrogens with one attached hydrogen (secondary N) is 2. The van der Waals surface area contributed by atoms with Gasteiger partial charge in [-0.05, 0) is 43.8 Å². The van der Waals surface area contributed by atoms with E-state index in [9.17, 15) is 0 Å². The Hall–Kier alpha value is -1.54. The molecule has 1 atom stereocenters. The zero-order valence-electron chi connectivity index (χ0n) is 16.3. The Bertz CT molecular complexity index is 635. The molecule has 0 saturated heterocycles. The fraction of sp³-hybridized carbons (Fsp3) is 0.450. The maximum Gasteiger partial charge on any atom is 0.191 e. The van der Waals surface area contributed by atoms with E-state index in [4.69, 9.17) is 0 Å². The lowest BCUT2D eigenvalue weighted by Gasteiger charge is -2.26. The molecule has 0 bridgehead atoms. The molecule has 1 aromatic heterocycles. The van der Waals surface area contributed by atoms with Crippen molar-refractivity contribution in [2.24, 2.45) is 4.99 Å². The number of hydrogen-bond acceptors (Lipinski definition) is 2. The zero-order valence-corrected chi connectivity index (χ0v) is 18.6. The largest absolute Gasteiger partial charge is 0.355 e. The average molecular weight is 469 g/mol. The molecule has 0 aliphatic rings. The van der Waals surface area contributed by atoms with Crippen LogP contribution in [0.15, 0.2) is 53.8 Å². The number of rotatable bonds is 8. The smallest absolute Gasteiger partial charge is 0.191 e. The minimum Gasteiger partial charge on any atom is -0.355 e. The molecule has 2 rings (SSSR count). The van der Waals surface area contributed by atoms with Crippen LogP contribution in [0.5, 0.6) is 0 Å². The molecule has 0 saturated carbocycles. The van der Waals surface area contributed by atoms with Gasteiger partial charge in [-0.2, -0.15) is 0 Å². The highest BCUT2D eigenvalue weighted by atomic mass is 127. The number of aliphatic imine (C=N–C) groups is 1. The molecular weight excluding hydrogens is 437 g/mol. The number of aromatic nitrogens is 1. The third kappa shape index (κ3) is 6.99. The Kier molecular flexibility index (Phi) is 10.3. The maximum absolute atomic E-state index is 4.33. The third-order valence-electron chi connectivity index (χ3n) is 4.41. The van der Waals surface area contributed by atoms with Gasteiger partial charge in [-0.1, -0.05) is 31.2 Å². The maximum atomic E-state index is 4.33. The molecule has 5 nitrogen and oxygen atoms in total. The number of aryl methyl sites for hydroxylation is 1. The van der Waals surface area contributed by atoms with Crippen molar-refractivity contribution in [1.29, 1.82) is 0 Å². The first-order valence-corrected chi connectivity index (χ1v) is 8.94. The number of halogens is 1. The molecule has 2 aromatic rings. The van der Waals surface area contributed by atoms with Crippen molar-refractivity contribution in [2.75, 3.05) is 34.2 Å². The summed E-state index contributed by atoms with van der Waals surface area (Å²) >= 11 is 0. The summed E-state index contributed by atoms with van der Waals surface area (Å²) in [6.07, 6.45) is 5.21. The quantitative estimate of drug-likeness (QED) is 0.355. The molecule has 0 spiro atoms. The lowest BCUT2D eigenvalue weighted by molar-refractivity contribution is 0.298. The van der Waals surface area contributed by atoms with E-state index in [1.165, 1.54) is 11.1 Å². The zero-order chi connectivity index (χ0) is 18.1.